The van der Waals surface area contributed by atoms with Crippen molar-refractivity contribution in [2.75, 3.05) is 0 Å². The first-order chi connectivity index (χ1) is 7.50. The molecule has 0 N–H and O–H groups in total. The van der Waals surface area contributed by atoms with Gasteiger partial charge in [-0.05, 0) is 50.9 Å². The lowest BCUT2D eigenvalue weighted by atomic mass is 9.90. The summed E-state index contributed by atoms with van der Waals surface area (Å²) in [5, 5.41) is 0. The molecule has 16 heavy (non-hydrogen) atoms. The maximum Gasteiger partial charge on any atom is 0.306 e. The molecule has 1 saturated carbocycles. The van der Waals surface area contributed by atoms with E-state index in [2.05, 4.69) is 12.2 Å². The number of carbonyl (C=O) groups excluding carboxylic acids is 1. The van der Waals surface area contributed by atoms with Crippen LogP contribution in [0, 0.1) is 17.8 Å². The summed E-state index contributed by atoms with van der Waals surface area (Å²) in [6.45, 7) is 6.00. The molecular formula is C14H22O2. The van der Waals surface area contributed by atoms with E-state index in [0.29, 0.717) is 18.3 Å². The Labute approximate surface area is 98.1 Å². The monoisotopic (exact) mass is 222 g/mol. The van der Waals surface area contributed by atoms with E-state index in [1.165, 1.54) is 12.8 Å². The van der Waals surface area contributed by atoms with E-state index in [1.54, 1.807) is 0 Å². The molecule has 0 aromatic heterocycles. The Balaban J connectivity index is 1.82. The van der Waals surface area contributed by atoms with E-state index in [9.17, 15) is 4.79 Å². The Kier molecular flexibility index (Phi) is 3.09. The highest BCUT2D eigenvalue weighted by Gasteiger charge is 2.37. The van der Waals surface area contributed by atoms with Crippen molar-refractivity contribution in [1.29, 1.82) is 0 Å². The predicted octanol–water partition coefficient (Wildman–Crippen LogP) is 3.32. The van der Waals surface area contributed by atoms with Gasteiger partial charge in [0, 0.05) is 6.42 Å². The summed E-state index contributed by atoms with van der Waals surface area (Å²) in [6.07, 6.45) is 8.52. The fourth-order valence-corrected chi connectivity index (χ4v) is 2.77. The number of allylic oxidation sites excluding steroid dienone is 2. The van der Waals surface area contributed by atoms with E-state index in [4.69, 9.17) is 4.74 Å². The summed E-state index contributed by atoms with van der Waals surface area (Å²) >= 11 is 0. The minimum atomic E-state index is -0.301. The second kappa shape index (κ2) is 4.23. The molecule has 0 spiro atoms. The number of esters is 1. The number of carbonyl (C=O) groups is 1. The third-order valence-electron chi connectivity index (χ3n) is 4.09. The van der Waals surface area contributed by atoms with Crippen molar-refractivity contribution in [3.05, 3.63) is 12.2 Å². The lowest BCUT2D eigenvalue weighted by molar-refractivity contribution is -0.158. The molecule has 0 aromatic carbocycles. The van der Waals surface area contributed by atoms with E-state index in [1.807, 2.05) is 20.8 Å². The number of ether oxygens (including phenoxy) is 1. The maximum absolute atomic E-state index is 11.8. The average molecular weight is 222 g/mol. The fourth-order valence-electron chi connectivity index (χ4n) is 2.77. The number of hydrogen-bond acceptors (Lipinski definition) is 2. The summed E-state index contributed by atoms with van der Waals surface area (Å²) in [5.41, 5.74) is -0.301. The average Bonchev–Trinajstić information content (AvgIpc) is 2.78. The third-order valence-corrected chi connectivity index (χ3v) is 4.09. The summed E-state index contributed by atoms with van der Waals surface area (Å²) in [4.78, 5) is 11.8. The number of hydrogen-bond donors (Lipinski definition) is 0. The van der Waals surface area contributed by atoms with Gasteiger partial charge in [-0.15, -0.1) is 0 Å². The van der Waals surface area contributed by atoms with Crippen molar-refractivity contribution < 1.29 is 9.53 Å². The molecule has 0 saturated heterocycles. The Morgan fingerprint density at radius 1 is 1.38 bits per heavy atom. The van der Waals surface area contributed by atoms with E-state index < -0.39 is 0 Å². The zero-order valence-corrected chi connectivity index (χ0v) is 10.5. The van der Waals surface area contributed by atoms with Gasteiger partial charge in [0.2, 0.25) is 0 Å². The number of rotatable bonds is 4. The van der Waals surface area contributed by atoms with Gasteiger partial charge in [-0.25, -0.2) is 0 Å². The van der Waals surface area contributed by atoms with Gasteiger partial charge < -0.3 is 4.74 Å². The summed E-state index contributed by atoms with van der Waals surface area (Å²) in [5.74, 6) is 1.90. The Bertz CT molecular complexity index is 304. The van der Waals surface area contributed by atoms with Crippen molar-refractivity contribution in [2.45, 2.75) is 52.1 Å². The quantitative estimate of drug-likeness (QED) is 0.539. The fraction of sp³-hybridized carbons (Fsp3) is 0.786. The van der Waals surface area contributed by atoms with Crippen molar-refractivity contribution in [3.8, 4) is 0 Å². The molecule has 2 heteroatoms. The van der Waals surface area contributed by atoms with Crippen LogP contribution in [0.15, 0.2) is 12.2 Å². The van der Waals surface area contributed by atoms with Crippen molar-refractivity contribution >= 4 is 5.97 Å². The smallest absolute Gasteiger partial charge is 0.306 e. The molecule has 0 aliphatic heterocycles. The van der Waals surface area contributed by atoms with Gasteiger partial charge in [0.15, 0.2) is 0 Å². The van der Waals surface area contributed by atoms with Crippen LogP contribution >= 0.6 is 0 Å². The summed E-state index contributed by atoms with van der Waals surface area (Å²) in [7, 11) is 0. The van der Waals surface area contributed by atoms with Gasteiger partial charge in [-0.3, -0.25) is 4.79 Å². The molecule has 2 aliphatic rings. The Morgan fingerprint density at radius 2 is 2.12 bits per heavy atom. The first-order valence-corrected chi connectivity index (χ1v) is 6.40. The van der Waals surface area contributed by atoms with Crippen LogP contribution in [0.25, 0.3) is 0 Å². The zero-order chi connectivity index (χ0) is 11.8. The molecule has 2 rings (SSSR count). The lowest BCUT2D eigenvalue weighted by Gasteiger charge is -2.25. The van der Waals surface area contributed by atoms with Crippen molar-refractivity contribution in [3.63, 3.8) is 0 Å². The van der Waals surface area contributed by atoms with Crippen LogP contribution in [-0.2, 0) is 9.53 Å². The van der Waals surface area contributed by atoms with Crippen LogP contribution < -0.4 is 0 Å². The van der Waals surface area contributed by atoms with Gasteiger partial charge in [0.1, 0.15) is 5.60 Å². The normalized spacial score (nSPS) is 32.1. The van der Waals surface area contributed by atoms with Crippen LogP contribution in [0.3, 0.4) is 0 Å². The van der Waals surface area contributed by atoms with Gasteiger partial charge in [0.05, 0.1) is 0 Å². The SMILES string of the molecule is CCC(C)(C)OC(=O)CC1CC2C=CC1C2. The molecule has 0 radical (unpaired) electrons. The van der Waals surface area contributed by atoms with E-state index in [-0.39, 0.29) is 11.6 Å². The van der Waals surface area contributed by atoms with E-state index >= 15 is 0 Å². The van der Waals surface area contributed by atoms with Crippen LogP contribution in [0.4, 0.5) is 0 Å². The minimum Gasteiger partial charge on any atom is -0.460 e. The molecule has 2 bridgehead atoms. The standard InChI is InChI=1S/C14H22O2/c1-4-14(2,3)16-13(15)9-12-8-10-5-6-11(12)7-10/h5-6,10-12H,4,7-9H2,1-3H3. The maximum atomic E-state index is 11.8. The topological polar surface area (TPSA) is 26.3 Å². The van der Waals surface area contributed by atoms with E-state index in [0.717, 1.165) is 12.3 Å². The van der Waals surface area contributed by atoms with Crippen molar-refractivity contribution in [1.82, 2.24) is 0 Å². The van der Waals surface area contributed by atoms with Crippen LogP contribution in [-0.4, -0.2) is 11.6 Å². The second-order valence-electron chi connectivity index (χ2n) is 5.83. The lowest BCUT2D eigenvalue weighted by Crippen LogP contribution is -2.28. The van der Waals surface area contributed by atoms with Gasteiger partial charge >= 0.3 is 5.97 Å². The molecule has 3 atom stereocenters. The zero-order valence-electron chi connectivity index (χ0n) is 10.5. The van der Waals surface area contributed by atoms with Crippen LogP contribution in [0.5, 0.6) is 0 Å². The molecule has 0 heterocycles. The molecule has 0 aromatic rings. The highest BCUT2D eigenvalue weighted by atomic mass is 16.6. The summed E-state index contributed by atoms with van der Waals surface area (Å²) < 4.78 is 5.49. The van der Waals surface area contributed by atoms with Crippen LogP contribution in [0.1, 0.15) is 46.5 Å². The van der Waals surface area contributed by atoms with Gasteiger partial charge in [-0.2, -0.15) is 0 Å². The van der Waals surface area contributed by atoms with Crippen molar-refractivity contribution in [2.24, 2.45) is 17.8 Å². The molecule has 2 aliphatic carbocycles. The summed E-state index contributed by atoms with van der Waals surface area (Å²) in [6, 6.07) is 0. The first-order valence-electron chi connectivity index (χ1n) is 6.40. The molecular weight excluding hydrogens is 200 g/mol. The first kappa shape index (κ1) is 11.7. The molecule has 1 fully saturated rings. The molecule has 90 valence electrons. The Morgan fingerprint density at radius 3 is 2.62 bits per heavy atom. The highest BCUT2D eigenvalue weighted by Crippen LogP contribution is 2.45. The Hall–Kier alpha value is -0.790. The van der Waals surface area contributed by atoms with Crippen LogP contribution in [0.2, 0.25) is 0 Å². The number of fused-ring (bicyclic) bond motifs is 2. The highest BCUT2D eigenvalue weighted by molar-refractivity contribution is 5.70. The minimum absolute atomic E-state index is 0.0159. The third kappa shape index (κ3) is 2.47. The predicted molar refractivity (Wildman–Crippen MR) is 63.9 cm³/mol. The second-order valence-corrected chi connectivity index (χ2v) is 5.83. The largest absolute Gasteiger partial charge is 0.460 e. The molecule has 0 amide bonds. The molecule has 3 unspecified atom stereocenters. The van der Waals surface area contributed by atoms with Gasteiger partial charge in [0.25, 0.3) is 0 Å². The van der Waals surface area contributed by atoms with Gasteiger partial charge in [-0.1, -0.05) is 19.1 Å². The molecule has 2 nitrogen and oxygen atoms in total.